The summed E-state index contributed by atoms with van der Waals surface area (Å²) in [7, 11) is 0. The molecule has 1 atom stereocenters. The van der Waals surface area contributed by atoms with Gasteiger partial charge in [-0.05, 0) is 50.1 Å². The lowest BCUT2D eigenvalue weighted by molar-refractivity contribution is 0.268. The molecule has 1 heterocycles. The number of rotatable bonds is 4. The third-order valence-corrected chi connectivity index (χ3v) is 3.49. The van der Waals surface area contributed by atoms with Gasteiger partial charge in [-0.25, -0.2) is 0 Å². The minimum absolute atomic E-state index is 0.657. The molecule has 1 aliphatic heterocycles. The molecule has 0 amide bonds. The summed E-state index contributed by atoms with van der Waals surface area (Å²) in [5.74, 6) is 0.957. The second-order valence-corrected chi connectivity index (χ2v) is 5.15. The predicted molar refractivity (Wildman–Crippen MR) is 69.9 cm³/mol. The van der Waals surface area contributed by atoms with E-state index < -0.39 is 0 Å². The maximum Gasteiger partial charge on any atom is 0.119 e. The molecule has 0 radical (unpaired) electrons. The Bertz CT molecular complexity index is 306. The van der Waals surface area contributed by atoms with Crippen LogP contribution in [-0.2, 0) is 0 Å². The monoisotopic (exact) mass is 283 g/mol. The number of ether oxygens (including phenoxy) is 1. The topological polar surface area (TPSA) is 21.3 Å². The van der Waals surface area contributed by atoms with Crippen LogP contribution in [0.1, 0.15) is 25.7 Å². The van der Waals surface area contributed by atoms with Crippen molar-refractivity contribution in [1.82, 2.24) is 5.32 Å². The fourth-order valence-corrected chi connectivity index (χ4v) is 2.28. The first-order valence-corrected chi connectivity index (χ1v) is 6.75. The second kappa shape index (κ2) is 6.26. The van der Waals surface area contributed by atoms with Gasteiger partial charge in [-0.1, -0.05) is 22.4 Å². The highest BCUT2D eigenvalue weighted by Crippen LogP contribution is 2.17. The van der Waals surface area contributed by atoms with Crippen LogP contribution in [0.2, 0.25) is 0 Å². The number of piperidine rings is 1. The average molecular weight is 284 g/mol. The van der Waals surface area contributed by atoms with E-state index in [4.69, 9.17) is 4.74 Å². The highest BCUT2D eigenvalue weighted by molar-refractivity contribution is 9.10. The van der Waals surface area contributed by atoms with Crippen molar-refractivity contribution in [1.29, 1.82) is 0 Å². The number of hydrogen-bond donors (Lipinski definition) is 1. The summed E-state index contributed by atoms with van der Waals surface area (Å²) in [6.45, 7) is 1.97. The van der Waals surface area contributed by atoms with E-state index in [1.165, 1.54) is 25.8 Å². The van der Waals surface area contributed by atoms with E-state index in [2.05, 4.69) is 21.2 Å². The molecule has 0 unspecified atom stereocenters. The van der Waals surface area contributed by atoms with E-state index in [0.29, 0.717) is 6.04 Å². The van der Waals surface area contributed by atoms with Gasteiger partial charge in [0.05, 0.1) is 6.61 Å². The van der Waals surface area contributed by atoms with E-state index in [1.807, 2.05) is 24.3 Å². The van der Waals surface area contributed by atoms with Crippen molar-refractivity contribution in [2.75, 3.05) is 13.2 Å². The first kappa shape index (κ1) is 11.9. The highest BCUT2D eigenvalue weighted by Gasteiger charge is 2.11. The van der Waals surface area contributed by atoms with Crippen molar-refractivity contribution in [2.24, 2.45) is 0 Å². The maximum atomic E-state index is 5.70. The van der Waals surface area contributed by atoms with Gasteiger partial charge in [0.1, 0.15) is 5.75 Å². The Labute approximate surface area is 106 Å². The third-order valence-electron chi connectivity index (χ3n) is 2.96. The Hall–Kier alpha value is -0.540. The molecule has 16 heavy (non-hydrogen) atoms. The molecule has 0 spiro atoms. The highest BCUT2D eigenvalue weighted by atomic mass is 79.9. The van der Waals surface area contributed by atoms with Gasteiger partial charge in [-0.15, -0.1) is 0 Å². The van der Waals surface area contributed by atoms with Crippen LogP contribution in [0.25, 0.3) is 0 Å². The summed E-state index contributed by atoms with van der Waals surface area (Å²) >= 11 is 3.41. The molecule has 2 nitrogen and oxygen atoms in total. The zero-order chi connectivity index (χ0) is 11.2. The van der Waals surface area contributed by atoms with Gasteiger partial charge in [0.2, 0.25) is 0 Å². The van der Waals surface area contributed by atoms with Crippen LogP contribution in [0, 0.1) is 0 Å². The lowest BCUT2D eigenvalue weighted by Gasteiger charge is -2.23. The molecule has 1 saturated heterocycles. The Morgan fingerprint density at radius 1 is 1.25 bits per heavy atom. The first-order valence-electron chi connectivity index (χ1n) is 5.96. The quantitative estimate of drug-likeness (QED) is 0.915. The Kier molecular flexibility index (Phi) is 4.67. The van der Waals surface area contributed by atoms with Crippen LogP contribution in [-0.4, -0.2) is 19.2 Å². The van der Waals surface area contributed by atoms with Crippen molar-refractivity contribution in [3.05, 3.63) is 28.7 Å². The van der Waals surface area contributed by atoms with Crippen LogP contribution in [0.3, 0.4) is 0 Å². The molecule has 88 valence electrons. The van der Waals surface area contributed by atoms with E-state index in [1.54, 1.807) is 0 Å². The minimum atomic E-state index is 0.657. The summed E-state index contributed by atoms with van der Waals surface area (Å²) in [6, 6.07) is 8.67. The molecule has 1 N–H and O–H groups in total. The lowest BCUT2D eigenvalue weighted by atomic mass is 10.0. The number of hydrogen-bond acceptors (Lipinski definition) is 2. The van der Waals surface area contributed by atoms with Crippen LogP contribution in [0.4, 0.5) is 0 Å². The summed E-state index contributed by atoms with van der Waals surface area (Å²) in [6.07, 6.45) is 5.08. The van der Waals surface area contributed by atoms with E-state index >= 15 is 0 Å². The second-order valence-electron chi connectivity index (χ2n) is 4.24. The summed E-state index contributed by atoms with van der Waals surface area (Å²) in [5.41, 5.74) is 0. The summed E-state index contributed by atoms with van der Waals surface area (Å²) in [5, 5.41) is 3.53. The third kappa shape index (κ3) is 3.80. The van der Waals surface area contributed by atoms with E-state index in [0.717, 1.165) is 23.2 Å². The van der Waals surface area contributed by atoms with Gasteiger partial charge in [-0.2, -0.15) is 0 Å². The van der Waals surface area contributed by atoms with Crippen molar-refractivity contribution < 1.29 is 4.74 Å². The molecule has 1 fully saturated rings. The fourth-order valence-electron chi connectivity index (χ4n) is 2.02. The predicted octanol–water partition coefficient (Wildman–Crippen LogP) is 3.36. The summed E-state index contributed by atoms with van der Waals surface area (Å²) in [4.78, 5) is 0. The van der Waals surface area contributed by atoms with Gasteiger partial charge in [0.15, 0.2) is 0 Å². The number of nitrogens with one attached hydrogen (secondary N) is 1. The van der Waals surface area contributed by atoms with Crippen LogP contribution in [0.5, 0.6) is 5.75 Å². The molecule has 0 aliphatic carbocycles. The minimum Gasteiger partial charge on any atom is -0.494 e. The average Bonchev–Trinajstić information content (AvgIpc) is 2.33. The number of halogens is 1. The molecule has 2 rings (SSSR count). The van der Waals surface area contributed by atoms with Gasteiger partial charge < -0.3 is 10.1 Å². The molecule has 1 aromatic rings. The van der Waals surface area contributed by atoms with E-state index in [-0.39, 0.29) is 0 Å². The standard InChI is InChI=1S/C13H18BrNO/c14-11-4-6-13(7-5-11)16-10-8-12-3-1-2-9-15-12/h4-7,12,15H,1-3,8-10H2/t12-/m0/s1. The first-order chi connectivity index (χ1) is 7.84. The van der Waals surface area contributed by atoms with Crippen molar-refractivity contribution in [3.63, 3.8) is 0 Å². The van der Waals surface area contributed by atoms with Gasteiger partial charge >= 0.3 is 0 Å². The van der Waals surface area contributed by atoms with Crippen LogP contribution < -0.4 is 10.1 Å². The van der Waals surface area contributed by atoms with Crippen molar-refractivity contribution in [2.45, 2.75) is 31.7 Å². The van der Waals surface area contributed by atoms with Crippen LogP contribution in [0.15, 0.2) is 28.7 Å². The Morgan fingerprint density at radius 2 is 2.06 bits per heavy atom. The van der Waals surface area contributed by atoms with Gasteiger partial charge in [-0.3, -0.25) is 0 Å². The zero-order valence-corrected chi connectivity index (χ0v) is 11.0. The smallest absolute Gasteiger partial charge is 0.119 e. The fraction of sp³-hybridized carbons (Fsp3) is 0.538. The molecule has 1 aromatic carbocycles. The van der Waals surface area contributed by atoms with Gasteiger partial charge in [0.25, 0.3) is 0 Å². The Balaban J connectivity index is 1.69. The molecular formula is C13H18BrNO. The van der Waals surface area contributed by atoms with Crippen molar-refractivity contribution >= 4 is 15.9 Å². The molecule has 1 aliphatic rings. The largest absolute Gasteiger partial charge is 0.494 e. The molecule has 0 aromatic heterocycles. The van der Waals surface area contributed by atoms with Gasteiger partial charge in [0, 0.05) is 10.5 Å². The Morgan fingerprint density at radius 3 is 2.75 bits per heavy atom. The zero-order valence-electron chi connectivity index (χ0n) is 9.42. The molecule has 0 saturated carbocycles. The number of benzene rings is 1. The lowest BCUT2D eigenvalue weighted by Crippen LogP contribution is -2.35. The molecule has 0 bridgehead atoms. The molecule has 3 heteroatoms. The van der Waals surface area contributed by atoms with Crippen molar-refractivity contribution in [3.8, 4) is 5.75 Å². The van der Waals surface area contributed by atoms with Crippen LogP contribution >= 0.6 is 15.9 Å². The summed E-state index contributed by atoms with van der Waals surface area (Å²) < 4.78 is 6.79. The normalized spacial score (nSPS) is 20.7. The van der Waals surface area contributed by atoms with E-state index in [9.17, 15) is 0 Å². The maximum absolute atomic E-state index is 5.70. The molecular weight excluding hydrogens is 266 g/mol. The SMILES string of the molecule is Brc1ccc(OCC[C@@H]2CCCCN2)cc1.